The highest BCUT2D eigenvalue weighted by molar-refractivity contribution is 5.99. The fourth-order valence-corrected chi connectivity index (χ4v) is 4.75. The number of halogens is 2. The molecule has 0 atom stereocenters. The van der Waals surface area contributed by atoms with Gasteiger partial charge in [-0.15, -0.1) is 0 Å². The van der Waals surface area contributed by atoms with Crippen LogP contribution in [-0.4, -0.2) is 27.8 Å². The van der Waals surface area contributed by atoms with Crippen LogP contribution in [0, 0.1) is 32.4 Å². The van der Waals surface area contributed by atoms with Crippen LogP contribution in [0.3, 0.4) is 0 Å². The van der Waals surface area contributed by atoms with E-state index in [2.05, 4.69) is 15.0 Å². The number of fused-ring (bicyclic) bond motifs is 1. The molecule has 0 bridgehead atoms. The van der Waals surface area contributed by atoms with Crippen molar-refractivity contribution < 1.29 is 23.0 Å². The SMILES string of the molecule is COc1cnc2c(Oc3ccc(CC(=O)c4c(C)[nH]c(C)c(-c5ccc(F)cc5C)c4=O)cc3F)ccnc2c1. The van der Waals surface area contributed by atoms with Gasteiger partial charge in [0.15, 0.2) is 23.1 Å². The molecule has 3 aromatic heterocycles. The van der Waals surface area contributed by atoms with Crippen LogP contribution in [0.25, 0.3) is 22.2 Å². The van der Waals surface area contributed by atoms with E-state index in [1.807, 2.05) is 0 Å². The standard InChI is InChI=1S/C31H25F2N3O4/c1-16-11-20(32)6-7-22(16)28-17(2)36-18(3)29(31(28)38)25(37)13-19-5-8-26(23(33)12-19)40-27-9-10-34-24-14-21(39-4)15-35-30(24)27/h5-12,14-15H,13H2,1-4H3,(H,36,38). The number of aromatic amines is 1. The fraction of sp³-hybridized carbons (Fsp3) is 0.161. The number of aryl methyl sites for hydroxylation is 3. The minimum absolute atomic E-state index is 0.0187. The minimum Gasteiger partial charge on any atom is -0.495 e. The van der Waals surface area contributed by atoms with Gasteiger partial charge in [0.2, 0.25) is 5.43 Å². The number of rotatable bonds is 7. The van der Waals surface area contributed by atoms with Gasteiger partial charge in [0.05, 0.1) is 24.4 Å². The number of hydrogen-bond donors (Lipinski definition) is 1. The number of carbonyl (C=O) groups is 1. The first-order valence-electron chi connectivity index (χ1n) is 12.4. The van der Waals surface area contributed by atoms with Crippen LogP contribution < -0.4 is 14.9 Å². The summed E-state index contributed by atoms with van der Waals surface area (Å²) in [7, 11) is 1.52. The van der Waals surface area contributed by atoms with Crippen molar-refractivity contribution in [1.82, 2.24) is 15.0 Å². The van der Waals surface area contributed by atoms with E-state index in [1.165, 1.54) is 49.8 Å². The summed E-state index contributed by atoms with van der Waals surface area (Å²) in [5, 5.41) is 0. The average molecular weight is 542 g/mol. The molecule has 0 aliphatic carbocycles. The number of ether oxygens (including phenoxy) is 2. The van der Waals surface area contributed by atoms with Gasteiger partial charge in [0.1, 0.15) is 17.1 Å². The minimum atomic E-state index is -0.680. The molecule has 1 N–H and O–H groups in total. The topological polar surface area (TPSA) is 94.2 Å². The van der Waals surface area contributed by atoms with Gasteiger partial charge in [-0.25, -0.2) is 13.8 Å². The molecule has 5 rings (SSSR count). The van der Waals surface area contributed by atoms with Crippen LogP contribution in [0.2, 0.25) is 0 Å². The Morgan fingerprint density at radius 1 is 0.950 bits per heavy atom. The first kappa shape index (κ1) is 26.7. The zero-order valence-electron chi connectivity index (χ0n) is 22.3. The number of methoxy groups -OCH3 is 1. The highest BCUT2D eigenvalue weighted by Crippen LogP contribution is 2.31. The third-order valence-electron chi connectivity index (χ3n) is 6.65. The lowest BCUT2D eigenvalue weighted by Crippen LogP contribution is -2.23. The monoisotopic (exact) mass is 541 g/mol. The van der Waals surface area contributed by atoms with Crippen LogP contribution >= 0.6 is 0 Å². The van der Waals surface area contributed by atoms with E-state index in [0.29, 0.717) is 56.2 Å². The number of ketones is 1. The average Bonchev–Trinajstić information content (AvgIpc) is 2.91. The number of H-pyrrole nitrogens is 1. The zero-order chi connectivity index (χ0) is 28.6. The molecular weight excluding hydrogens is 516 g/mol. The van der Waals surface area contributed by atoms with Crippen molar-refractivity contribution in [3.63, 3.8) is 0 Å². The van der Waals surface area contributed by atoms with Gasteiger partial charge in [-0.2, -0.15) is 0 Å². The van der Waals surface area contributed by atoms with Crippen molar-refractivity contribution in [2.75, 3.05) is 7.11 Å². The Morgan fingerprint density at radius 3 is 2.48 bits per heavy atom. The lowest BCUT2D eigenvalue weighted by Gasteiger charge is -2.14. The van der Waals surface area contributed by atoms with Gasteiger partial charge in [-0.1, -0.05) is 12.1 Å². The number of nitrogens with one attached hydrogen (secondary N) is 1. The Balaban J connectivity index is 1.42. The van der Waals surface area contributed by atoms with Crippen molar-refractivity contribution >= 4 is 16.8 Å². The van der Waals surface area contributed by atoms with Crippen LogP contribution in [0.15, 0.2) is 65.7 Å². The Hall–Kier alpha value is -4.92. The highest BCUT2D eigenvalue weighted by Gasteiger charge is 2.22. The number of Topliss-reactive ketones (excluding diaryl/α,β-unsaturated/α-hetero) is 1. The summed E-state index contributed by atoms with van der Waals surface area (Å²) in [4.78, 5) is 38.5. The number of carbonyl (C=O) groups excluding carboxylic acids is 1. The maximum absolute atomic E-state index is 15.1. The maximum Gasteiger partial charge on any atom is 0.200 e. The number of nitrogens with zero attached hydrogens (tertiary/aromatic N) is 2. The second-order valence-electron chi connectivity index (χ2n) is 9.43. The van der Waals surface area contributed by atoms with Crippen molar-refractivity contribution in [2.24, 2.45) is 0 Å². The van der Waals surface area contributed by atoms with Crippen molar-refractivity contribution in [1.29, 1.82) is 0 Å². The lowest BCUT2D eigenvalue weighted by atomic mass is 9.93. The second-order valence-corrected chi connectivity index (χ2v) is 9.43. The lowest BCUT2D eigenvalue weighted by molar-refractivity contribution is 0.0991. The maximum atomic E-state index is 15.1. The van der Waals surface area contributed by atoms with Crippen molar-refractivity contribution in [2.45, 2.75) is 27.2 Å². The number of aromatic nitrogens is 3. The summed E-state index contributed by atoms with van der Waals surface area (Å²) in [6, 6.07) is 11.6. The largest absolute Gasteiger partial charge is 0.495 e. The molecular formula is C31H25F2N3O4. The molecule has 5 aromatic rings. The molecule has 7 nitrogen and oxygen atoms in total. The molecule has 0 fully saturated rings. The molecule has 40 heavy (non-hydrogen) atoms. The molecule has 202 valence electrons. The molecule has 0 radical (unpaired) electrons. The molecule has 0 amide bonds. The Labute approximate surface area is 228 Å². The van der Waals surface area contributed by atoms with Gasteiger partial charge in [0, 0.05) is 41.7 Å². The Morgan fingerprint density at radius 2 is 1.75 bits per heavy atom. The first-order valence-corrected chi connectivity index (χ1v) is 12.4. The van der Waals surface area contributed by atoms with Gasteiger partial charge in [-0.05, 0) is 61.7 Å². The Bertz CT molecular complexity index is 1850. The normalized spacial score (nSPS) is 11.1. The molecule has 9 heteroatoms. The molecule has 0 aliphatic rings. The summed E-state index contributed by atoms with van der Waals surface area (Å²) in [6.45, 7) is 5.07. The van der Waals surface area contributed by atoms with Crippen molar-refractivity contribution in [3.05, 3.63) is 111 Å². The summed E-state index contributed by atoms with van der Waals surface area (Å²) in [5.74, 6) is -0.783. The third kappa shape index (κ3) is 5.05. The van der Waals surface area contributed by atoms with E-state index in [0.717, 1.165) is 0 Å². The van der Waals surface area contributed by atoms with E-state index in [1.54, 1.807) is 39.0 Å². The molecule has 3 heterocycles. The van der Waals surface area contributed by atoms with Gasteiger partial charge >= 0.3 is 0 Å². The molecule has 0 saturated carbocycles. The number of benzene rings is 2. The predicted molar refractivity (Wildman–Crippen MR) is 147 cm³/mol. The van der Waals surface area contributed by atoms with Gasteiger partial charge in [0.25, 0.3) is 0 Å². The van der Waals surface area contributed by atoms with Gasteiger partial charge in [-0.3, -0.25) is 14.6 Å². The van der Waals surface area contributed by atoms with Gasteiger partial charge < -0.3 is 14.5 Å². The quantitative estimate of drug-likeness (QED) is 0.239. The molecule has 2 aromatic carbocycles. The van der Waals surface area contributed by atoms with E-state index >= 15 is 4.39 Å². The van der Waals surface area contributed by atoms with Crippen molar-refractivity contribution in [3.8, 4) is 28.4 Å². The third-order valence-corrected chi connectivity index (χ3v) is 6.65. The van der Waals surface area contributed by atoms with E-state index in [-0.39, 0.29) is 17.7 Å². The highest BCUT2D eigenvalue weighted by atomic mass is 19.1. The second kappa shape index (κ2) is 10.7. The van der Waals surface area contributed by atoms with E-state index in [9.17, 15) is 14.0 Å². The molecule has 0 unspecified atom stereocenters. The molecule has 0 spiro atoms. The first-order chi connectivity index (χ1) is 19.2. The van der Waals surface area contributed by atoms with Crippen LogP contribution in [0.4, 0.5) is 8.78 Å². The predicted octanol–water partition coefficient (Wildman–Crippen LogP) is 6.41. The number of pyridine rings is 3. The summed E-state index contributed by atoms with van der Waals surface area (Å²) >= 11 is 0. The molecule has 0 aliphatic heterocycles. The summed E-state index contributed by atoms with van der Waals surface area (Å²) in [6.07, 6.45) is 2.83. The fourth-order valence-electron chi connectivity index (χ4n) is 4.75. The van der Waals surface area contributed by atoms with Crippen LogP contribution in [0.1, 0.15) is 32.9 Å². The van der Waals surface area contributed by atoms with Crippen LogP contribution in [0.5, 0.6) is 17.2 Å². The summed E-state index contributed by atoms with van der Waals surface area (Å²) < 4.78 is 39.7. The Kier molecular flexibility index (Phi) is 7.13. The van der Waals surface area contributed by atoms with E-state index in [4.69, 9.17) is 9.47 Å². The zero-order valence-corrected chi connectivity index (χ0v) is 22.3. The number of hydrogen-bond acceptors (Lipinski definition) is 6. The smallest absolute Gasteiger partial charge is 0.200 e. The van der Waals surface area contributed by atoms with Crippen LogP contribution in [-0.2, 0) is 6.42 Å². The van der Waals surface area contributed by atoms with E-state index < -0.39 is 22.8 Å². The molecule has 0 saturated heterocycles. The summed E-state index contributed by atoms with van der Waals surface area (Å²) in [5.41, 5.74) is 3.24.